The van der Waals surface area contributed by atoms with E-state index in [1.165, 1.54) is 0 Å². The van der Waals surface area contributed by atoms with Crippen molar-refractivity contribution in [2.75, 3.05) is 7.11 Å². The van der Waals surface area contributed by atoms with Crippen LogP contribution in [0, 0.1) is 0 Å². The number of rotatable bonds is 4. The predicted molar refractivity (Wildman–Crippen MR) is 44.4 cm³/mol. The maximum absolute atomic E-state index is 5.59. The van der Waals surface area contributed by atoms with Gasteiger partial charge in [0.1, 0.15) is 5.69 Å². The Kier molecular flexibility index (Phi) is 3.19. The molecule has 1 unspecified atom stereocenters. The second kappa shape index (κ2) is 4.18. The van der Waals surface area contributed by atoms with Crippen LogP contribution >= 0.6 is 0 Å². The maximum Gasteiger partial charge on any atom is 0.108 e. The molecule has 0 aromatic carbocycles. The number of methoxy groups -OCH3 is 1. The lowest BCUT2D eigenvalue weighted by Gasteiger charge is -2.02. The molecule has 0 spiro atoms. The van der Waals surface area contributed by atoms with Gasteiger partial charge in [0.15, 0.2) is 0 Å². The second-order valence-corrected chi connectivity index (χ2v) is 2.84. The van der Waals surface area contributed by atoms with Crippen LogP contribution in [0.15, 0.2) is 6.20 Å². The van der Waals surface area contributed by atoms with Crippen LogP contribution in [-0.2, 0) is 17.9 Å². The van der Waals surface area contributed by atoms with E-state index in [9.17, 15) is 0 Å². The molecule has 5 heteroatoms. The minimum absolute atomic E-state index is 0.0992. The Hall–Kier alpha value is -0.940. The molecule has 0 saturated carbocycles. The summed E-state index contributed by atoms with van der Waals surface area (Å²) < 4.78 is 6.62. The van der Waals surface area contributed by atoms with E-state index in [4.69, 9.17) is 10.5 Å². The van der Waals surface area contributed by atoms with Gasteiger partial charge in [0.25, 0.3) is 0 Å². The molecule has 1 heterocycles. The van der Waals surface area contributed by atoms with Gasteiger partial charge in [-0.05, 0) is 6.92 Å². The number of ether oxygens (including phenoxy) is 1. The highest BCUT2D eigenvalue weighted by atomic mass is 16.5. The maximum atomic E-state index is 5.59. The van der Waals surface area contributed by atoms with E-state index in [1.54, 1.807) is 11.8 Å². The first-order chi connectivity index (χ1) is 5.72. The van der Waals surface area contributed by atoms with Crippen molar-refractivity contribution in [3.05, 3.63) is 11.9 Å². The molecule has 1 atom stereocenters. The van der Waals surface area contributed by atoms with E-state index in [2.05, 4.69) is 10.3 Å². The monoisotopic (exact) mass is 170 g/mol. The SMILES string of the molecule is COCc1cn(CC(C)N)nn1. The van der Waals surface area contributed by atoms with Gasteiger partial charge in [0, 0.05) is 13.2 Å². The molecule has 0 fully saturated rings. The lowest BCUT2D eigenvalue weighted by molar-refractivity contribution is 0.181. The summed E-state index contributed by atoms with van der Waals surface area (Å²) in [5, 5.41) is 7.77. The molecule has 2 N–H and O–H groups in total. The molecular formula is C7H14N4O. The summed E-state index contributed by atoms with van der Waals surface area (Å²) in [6, 6.07) is 0.0992. The number of hydrogen-bond donors (Lipinski definition) is 1. The molecule has 1 rings (SSSR count). The standard InChI is InChI=1S/C7H14N4O/c1-6(8)3-11-4-7(5-12-2)9-10-11/h4,6H,3,5,8H2,1-2H3. The quantitative estimate of drug-likeness (QED) is 0.678. The molecule has 5 nitrogen and oxygen atoms in total. The molecular weight excluding hydrogens is 156 g/mol. The minimum atomic E-state index is 0.0992. The van der Waals surface area contributed by atoms with Gasteiger partial charge < -0.3 is 10.5 Å². The topological polar surface area (TPSA) is 66.0 Å². The fraction of sp³-hybridized carbons (Fsp3) is 0.714. The smallest absolute Gasteiger partial charge is 0.108 e. The van der Waals surface area contributed by atoms with Crippen molar-refractivity contribution in [3.8, 4) is 0 Å². The van der Waals surface area contributed by atoms with E-state index in [0.717, 1.165) is 5.69 Å². The number of nitrogens with two attached hydrogens (primary N) is 1. The molecule has 12 heavy (non-hydrogen) atoms. The molecule has 68 valence electrons. The third-order valence-electron chi connectivity index (χ3n) is 1.35. The van der Waals surface area contributed by atoms with Crippen molar-refractivity contribution < 1.29 is 4.74 Å². The number of aromatic nitrogens is 3. The Balaban J connectivity index is 2.52. The predicted octanol–water partition coefficient (Wildman–Crippen LogP) is -0.228. The highest BCUT2D eigenvalue weighted by Gasteiger charge is 2.01. The van der Waals surface area contributed by atoms with E-state index in [-0.39, 0.29) is 6.04 Å². The second-order valence-electron chi connectivity index (χ2n) is 2.84. The third-order valence-corrected chi connectivity index (χ3v) is 1.35. The summed E-state index contributed by atoms with van der Waals surface area (Å²) >= 11 is 0. The summed E-state index contributed by atoms with van der Waals surface area (Å²) in [6.07, 6.45) is 1.84. The highest BCUT2D eigenvalue weighted by Crippen LogP contribution is 1.95. The Bertz CT molecular complexity index is 233. The van der Waals surface area contributed by atoms with Gasteiger partial charge in [-0.3, -0.25) is 4.68 Å². The van der Waals surface area contributed by atoms with Gasteiger partial charge in [-0.2, -0.15) is 0 Å². The summed E-state index contributed by atoms with van der Waals surface area (Å²) in [5.74, 6) is 0. The van der Waals surface area contributed by atoms with Gasteiger partial charge in [-0.15, -0.1) is 5.10 Å². The van der Waals surface area contributed by atoms with Crippen molar-refractivity contribution in [3.63, 3.8) is 0 Å². The van der Waals surface area contributed by atoms with E-state index >= 15 is 0 Å². The zero-order chi connectivity index (χ0) is 8.97. The van der Waals surface area contributed by atoms with Gasteiger partial charge in [-0.1, -0.05) is 5.21 Å². The highest BCUT2D eigenvalue weighted by molar-refractivity contribution is 4.89. The van der Waals surface area contributed by atoms with Crippen LogP contribution in [0.3, 0.4) is 0 Å². The summed E-state index contributed by atoms with van der Waals surface area (Å²) in [6.45, 7) is 3.12. The van der Waals surface area contributed by atoms with Crippen LogP contribution in [0.2, 0.25) is 0 Å². The lowest BCUT2D eigenvalue weighted by atomic mass is 10.4. The van der Waals surface area contributed by atoms with Crippen LogP contribution in [-0.4, -0.2) is 28.1 Å². The first-order valence-corrected chi connectivity index (χ1v) is 3.86. The molecule has 0 bridgehead atoms. The zero-order valence-electron chi connectivity index (χ0n) is 7.40. The van der Waals surface area contributed by atoms with E-state index < -0.39 is 0 Å². The third kappa shape index (κ3) is 2.60. The van der Waals surface area contributed by atoms with E-state index in [0.29, 0.717) is 13.2 Å². The Morgan fingerprint density at radius 3 is 3.08 bits per heavy atom. The van der Waals surface area contributed by atoms with Crippen molar-refractivity contribution in [2.45, 2.75) is 26.1 Å². The largest absolute Gasteiger partial charge is 0.378 e. The van der Waals surface area contributed by atoms with Crippen LogP contribution in [0.25, 0.3) is 0 Å². The minimum Gasteiger partial charge on any atom is -0.378 e. The Morgan fingerprint density at radius 2 is 2.50 bits per heavy atom. The van der Waals surface area contributed by atoms with Crippen molar-refractivity contribution >= 4 is 0 Å². The lowest BCUT2D eigenvalue weighted by Crippen LogP contribution is -2.22. The van der Waals surface area contributed by atoms with Crippen molar-refractivity contribution in [2.24, 2.45) is 5.73 Å². The summed E-state index contributed by atoms with van der Waals surface area (Å²) in [5.41, 5.74) is 6.42. The van der Waals surface area contributed by atoms with Crippen LogP contribution < -0.4 is 5.73 Å². The van der Waals surface area contributed by atoms with Crippen LogP contribution in [0.5, 0.6) is 0 Å². The molecule has 0 aliphatic rings. The molecule has 0 saturated heterocycles. The normalized spacial score (nSPS) is 13.2. The fourth-order valence-corrected chi connectivity index (χ4v) is 0.937. The average molecular weight is 170 g/mol. The molecule has 0 radical (unpaired) electrons. The zero-order valence-corrected chi connectivity index (χ0v) is 7.40. The van der Waals surface area contributed by atoms with Gasteiger partial charge in [-0.25, -0.2) is 0 Å². The fourth-order valence-electron chi connectivity index (χ4n) is 0.937. The summed E-state index contributed by atoms with van der Waals surface area (Å²) in [7, 11) is 1.63. The van der Waals surface area contributed by atoms with Crippen LogP contribution in [0.4, 0.5) is 0 Å². The van der Waals surface area contributed by atoms with Gasteiger partial charge in [0.05, 0.1) is 19.3 Å². The van der Waals surface area contributed by atoms with Gasteiger partial charge in [0.2, 0.25) is 0 Å². The van der Waals surface area contributed by atoms with Gasteiger partial charge >= 0.3 is 0 Å². The first-order valence-electron chi connectivity index (χ1n) is 3.86. The first kappa shape index (κ1) is 9.15. The number of nitrogens with zero attached hydrogens (tertiary/aromatic N) is 3. The molecule has 0 amide bonds. The number of hydrogen-bond acceptors (Lipinski definition) is 4. The molecule has 1 aromatic rings. The molecule has 0 aliphatic carbocycles. The molecule has 0 aliphatic heterocycles. The van der Waals surface area contributed by atoms with Crippen molar-refractivity contribution in [1.82, 2.24) is 15.0 Å². The van der Waals surface area contributed by atoms with E-state index in [1.807, 2.05) is 13.1 Å². The Labute approximate surface area is 71.5 Å². The molecule has 1 aromatic heterocycles. The average Bonchev–Trinajstić information content (AvgIpc) is 2.36. The van der Waals surface area contributed by atoms with Crippen LogP contribution in [0.1, 0.15) is 12.6 Å². The summed E-state index contributed by atoms with van der Waals surface area (Å²) in [4.78, 5) is 0. The Morgan fingerprint density at radius 1 is 1.75 bits per heavy atom. The van der Waals surface area contributed by atoms with Crippen molar-refractivity contribution in [1.29, 1.82) is 0 Å².